The van der Waals surface area contributed by atoms with Crippen LogP contribution in [0.25, 0.3) is 11.0 Å². The molecule has 1 fully saturated rings. The molecule has 0 saturated carbocycles. The molecule has 0 atom stereocenters. The van der Waals surface area contributed by atoms with Gasteiger partial charge in [-0.2, -0.15) is 0 Å². The van der Waals surface area contributed by atoms with E-state index in [1.54, 1.807) is 6.07 Å². The number of benzene rings is 2. The summed E-state index contributed by atoms with van der Waals surface area (Å²) in [6, 6.07) is 8.97. The van der Waals surface area contributed by atoms with Crippen LogP contribution >= 0.6 is 0 Å². The maximum absolute atomic E-state index is 14.4. The Morgan fingerprint density at radius 2 is 1.84 bits per heavy atom. The van der Waals surface area contributed by atoms with Crippen LogP contribution in [0.1, 0.15) is 35.9 Å². The van der Waals surface area contributed by atoms with Gasteiger partial charge in [0.15, 0.2) is 17.8 Å². The second-order valence-electron chi connectivity index (χ2n) is 8.78. The Bertz CT molecular complexity index is 1400. The highest BCUT2D eigenvalue weighted by Gasteiger charge is 2.23. The second-order valence-corrected chi connectivity index (χ2v) is 8.78. The van der Waals surface area contributed by atoms with Crippen LogP contribution in [0.4, 0.5) is 14.5 Å². The highest BCUT2D eigenvalue weighted by Crippen LogP contribution is 2.20. The number of hydrogen-bond acceptors (Lipinski definition) is 7. The van der Waals surface area contributed by atoms with Gasteiger partial charge in [-0.15, -0.1) is 0 Å². The number of carbonyl (C=O) groups excluding carboxylic acids is 3. The quantitative estimate of drug-likeness (QED) is 0.467. The van der Waals surface area contributed by atoms with Crippen molar-refractivity contribution < 1.29 is 32.3 Å². The molecule has 194 valence electrons. The Labute approximate surface area is 210 Å². The molecule has 0 unspecified atom stereocenters. The van der Waals surface area contributed by atoms with Gasteiger partial charge in [-0.25, -0.2) is 8.78 Å². The van der Waals surface area contributed by atoms with Crippen LogP contribution in [0.5, 0.6) is 0 Å². The van der Waals surface area contributed by atoms with E-state index < -0.39 is 41.5 Å². The van der Waals surface area contributed by atoms with Crippen molar-refractivity contribution in [2.24, 2.45) is 0 Å². The van der Waals surface area contributed by atoms with E-state index in [4.69, 9.17) is 4.42 Å². The Hall–Kier alpha value is -4.12. The van der Waals surface area contributed by atoms with Crippen LogP contribution in [-0.2, 0) is 20.9 Å². The SMILES string of the molecule is CC(=O)OCC(=O)Nc1ccc(CN2CCC(NC(=O)c3cc(=O)c4ccc(F)cc4o3)CC2)cc1F. The third-order valence-electron chi connectivity index (χ3n) is 5.96. The molecule has 4 rings (SSSR count). The maximum Gasteiger partial charge on any atom is 0.303 e. The van der Waals surface area contributed by atoms with Gasteiger partial charge in [-0.05, 0) is 42.7 Å². The van der Waals surface area contributed by atoms with Gasteiger partial charge in [0.1, 0.15) is 17.2 Å². The molecule has 1 aliphatic rings. The van der Waals surface area contributed by atoms with Crippen molar-refractivity contribution in [3.8, 4) is 0 Å². The minimum atomic E-state index is -0.638. The molecule has 1 aromatic heterocycles. The highest BCUT2D eigenvalue weighted by atomic mass is 19.1. The van der Waals surface area contributed by atoms with Gasteiger partial charge in [-0.3, -0.25) is 24.1 Å². The van der Waals surface area contributed by atoms with Crippen LogP contribution < -0.4 is 16.1 Å². The van der Waals surface area contributed by atoms with E-state index in [-0.39, 0.29) is 28.5 Å². The first kappa shape index (κ1) is 26.0. The van der Waals surface area contributed by atoms with E-state index in [0.717, 1.165) is 18.2 Å². The summed E-state index contributed by atoms with van der Waals surface area (Å²) in [5, 5.41) is 5.41. The minimum absolute atomic E-state index is 0.00889. The van der Waals surface area contributed by atoms with E-state index >= 15 is 0 Å². The lowest BCUT2D eigenvalue weighted by Gasteiger charge is -2.32. The molecule has 0 aliphatic carbocycles. The topological polar surface area (TPSA) is 118 Å². The molecule has 2 N–H and O–H groups in total. The van der Waals surface area contributed by atoms with Crippen LogP contribution in [0.15, 0.2) is 51.7 Å². The Morgan fingerprint density at radius 1 is 1.08 bits per heavy atom. The second kappa shape index (κ2) is 11.3. The summed E-state index contributed by atoms with van der Waals surface area (Å²) in [4.78, 5) is 49.5. The Kier molecular flexibility index (Phi) is 7.92. The van der Waals surface area contributed by atoms with E-state index in [9.17, 15) is 28.0 Å². The number of piperidine rings is 1. The summed E-state index contributed by atoms with van der Waals surface area (Å²) in [5.74, 6) is -3.14. The first-order chi connectivity index (χ1) is 17.7. The molecule has 1 saturated heterocycles. The predicted octanol–water partition coefficient (Wildman–Crippen LogP) is 2.97. The first-order valence-electron chi connectivity index (χ1n) is 11.7. The molecule has 1 aliphatic heterocycles. The molecule has 2 aromatic carbocycles. The molecule has 3 aromatic rings. The third-order valence-corrected chi connectivity index (χ3v) is 5.96. The van der Waals surface area contributed by atoms with Crippen molar-refractivity contribution in [2.45, 2.75) is 32.4 Å². The first-order valence-corrected chi connectivity index (χ1v) is 11.7. The van der Waals surface area contributed by atoms with Crippen molar-refractivity contribution >= 4 is 34.4 Å². The van der Waals surface area contributed by atoms with Crippen LogP contribution in [0.3, 0.4) is 0 Å². The molecule has 11 heteroatoms. The zero-order valence-corrected chi connectivity index (χ0v) is 20.0. The third kappa shape index (κ3) is 6.76. The molecule has 0 spiro atoms. The molecule has 0 bridgehead atoms. The van der Waals surface area contributed by atoms with E-state index in [0.29, 0.717) is 38.0 Å². The molecule has 2 heterocycles. The Morgan fingerprint density at radius 3 is 2.54 bits per heavy atom. The fourth-order valence-electron chi connectivity index (χ4n) is 4.10. The average Bonchev–Trinajstić information content (AvgIpc) is 2.85. The number of esters is 1. The number of rotatable bonds is 7. The van der Waals surface area contributed by atoms with Crippen molar-refractivity contribution in [3.63, 3.8) is 0 Å². The summed E-state index contributed by atoms with van der Waals surface area (Å²) >= 11 is 0. The number of nitrogens with one attached hydrogen (secondary N) is 2. The average molecular weight is 513 g/mol. The van der Waals surface area contributed by atoms with Gasteiger partial charge in [0, 0.05) is 44.7 Å². The van der Waals surface area contributed by atoms with Crippen LogP contribution in [0.2, 0.25) is 0 Å². The number of ether oxygens (including phenoxy) is 1. The minimum Gasteiger partial charge on any atom is -0.456 e. The summed E-state index contributed by atoms with van der Waals surface area (Å²) < 4.78 is 38.0. The zero-order valence-electron chi connectivity index (χ0n) is 20.0. The van der Waals surface area contributed by atoms with Gasteiger partial charge in [-0.1, -0.05) is 6.07 Å². The number of nitrogens with zero attached hydrogens (tertiary/aromatic N) is 1. The fourth-order valence-corrected chi connectivity index (χ4v) is 4.10. The number of amides is 2. The van der Waals surface area contributed by atoms with Crippen molar-refractivity contribution in [2.75, 3.05) is 25.0 Å². The largest absolute Gasteiger partial charge is 0.456 e. The number of fused-ring (bicyclic) bond motifs is 1. The molecule has 37 heavy (non-hydrogen) atoms. The lowest BCUT2D eigenvalue weighted by molar-refractivity contribution is -0.144. The zero-order chi connectivity index (χ0) is 26.5. The predicted molar refractivity (Wildman–Crippen MR) is 130 cm³/mol. The smallest absolute Gasteiger partial charge is 0.303 e. The molecule has 2 amide bonds. The lowest BCUT2D eigenvalue weighted by atomic mass is 10.0. The van der Waals surface area contributed by atoms with Gasteiger partial charge in [0.25, 0.3) is 11.8 Å². The molecule has 9 nitrogen and oxygen atoms in total. The van der Waals surface area contributed by atoms with Crippen molar-refractivity contribution in [1.29, 1.82) is 0 Å². The Balaban J connectivity index is 1.29. The van der Waals surface area contributed by atoms with Crippen LogP contribution in [0, 0.1) is 11.6 Å². The van der Waals surface area contributed by atoms with Gasteiger partial charge in [0.2, 0.25) is 0 Å². The molecule has 0 radical (unpaired) electrons. The summed E-state index contributed by atoms with van der Waals surface area (Å²) in [6.07, 6.45) is 1.26. The van der Waals surface area contributed by atoms with Gasteiger partial charge >= 0.3 is 5.97 Å². The van der Waals surface area contributed by atoms with E-state index in [1.165, 1.54) is 25.1 Å². The van der Waals surface area contributed by atoms with Crippen molar-refractivity contribution in [1.82, 2.24) is 10.2 Å². The summed E-state index contributed by atoms with van der Waals surface area (Å²) in [5.41, 5.74) is 0.284. The fraction of sp³-hybridized carbons (Fsp3) is 0.308. The number of anilines is 1. The highest BCUT2D eigenvalue weighted by molar-refractivity contribution is 5.93. The standard InChI is InChI=1S/C26H25F2N3O6/c1-15(32)36-14-25(34)30-21-5-2-16(10-20(21)28)13-31-8-6-18(7-9-31)29-26(35)24-12-22(33)19-4-3-17(27)11-23(19)37-24/h2-5,10-12,18H,6-9,13-14H2,1H3,(H,29,35)(H,30,34). The summed E-state index contributed by atoms with van der Waals surface area (Å²) in [6.45, 7) is 2.44. The molecular formula is C26H25F2N3O6. The number of hydrogen-bond donors (Lipinski definition) is 2. The van der Waals surface area contributed by atoms with Crippen LogP contribution in [-0.4, -0.2) is 48.4 Å². The number of likely N-dealkylation sites (tertiary alicyclic amines) is 1. The maximum atomic E-state index is 14.4. The lowest BCUT2D eigenvalue weighted by Crippen LogP contribution is -2.44. The number of carbonyl (C=O) groups is 3. The van der Waals surface area contributed by atoms with Crippen molar-refractivity contribution in [3.05, 3.63) is 75.6 Å². The normalized spacial score (nSPS) is 14.4. The van der Waals surface area contributed by atoms with Gasteiger partial charge < -0.3 is 19.8 Å². The summed E-state index contributed by atoms with van der Waals surface area (Å²) in [7, 11) is 0. The monoisotopic (exact) mass is 513 g/mol. The van der Waals surface area contributed by atoms with E-state index in [2.05, 4.69) is 20.3 Å². The van der Waals surface area contributed by atoms with Gasteiger partial charge in [0.05, 0.1) is 11.1 Å². The molecular weight excluding hydrogens is 488 g/mol. The van der Waals surface area contributed by atoms with E-state index in [1.807, 2.05) is 0 Å². The number of halogens is 2.